The number of morpholine rings is 1. The second-order valence-electron chi connectivity index (χ2n) is 6.21. The van der Waals surface area contributed by atoms with Crippen molar-refractivity contribution in [2.45, 2.75) is 19.1 Å². The zero-order chi connectivity index (χ0) is 16.8. The highest BCUT2D eigenvalue weighted by atomic mass is 16.5. The van der Waals surface area contributed by atoms with E-state index in [1.807, 2.05) is 29.1 Å². The van der Waals surface area contributed by atoms with Crippen molar-refractivity contribution in [1.29, 1.82) is 0 Å². The number of nitrogens with one attached hydrogen (secondary N) is 1. The first-order valence-corrected chi connectivity index (χ1v) is 8.54. The molecule has 0 bridgehead atoms. The SMILES string of the molecule is CC(NCC(O)CN1CCOCC1)c1ccccc1-n1cccn1. The fourth-order valence-electron chi connectivity index (χ4n) is 3.04. The van der Waals surface area contributed by atoms with Gasteiger partial charge in [0.15, 0.2) is 0 Å². The molecule has 1 saturated heterocycles. The van der Waals surface area contributed by atoms with Gasteiger partial charge in [0.25, 0.3) is 0 Å². The number of aromatic nitrogens is 2. The van der Waals surface area contributed by atoms with Gasteiger partial charge in [-0.05, 0) is 24.6 Å². The number of hydrogen-bond donors (Lipinski definition) is 2. The van der Waals surface area contributed by atoms with E-state index in [0.29, 0.717) is 13.1 Å². The molecule has 0 spiro atoms. The molecule has 0 radical (unpaired) electrons. The molecule has 1 aromatic carbocycles. The monoisotopic (exact) mass is 330 g/mol. The van der Waals surface area contributed by atoms with Gasteiger partial charge in [-0.25, -0.2) is 4.68 Å². The molecule has 6 nitrogen and oxygen atoms in total. The first kappa shape index (κ1) is 17.1. The Labute approximate surface area is 143 Å². The maximum absolute atomic E-state index is 10.3. The Morgan fingerprint density at radius 1 is 1.25 bits per heavy atom. The van der Waals surface area contributed by atoms with E-state index < -0.39 is 0 Å². The van der Waals surface area contributed by atoms with E-state index in [2.05, 4.69) is 34.4 Å². The lowest BCUT2D eigenvalue weighted by Crippen LogP contribution is -2.44. The lowest BCUT2D eigenvalue weighted by Gasteiger charge is -2.29. The third-order valence-corrected chi connectivity index (χ3v) is 4.39. The number of nitrogens with zero attached hydrogens (tertiary/aromatic N) is 3. The first-order chi connectivity index (χ1) is 11.7. The van der Waals surface area contributed by atoms with Crippen molar-refractivity contribution in [3.63, 3.8) is 0 Å². The van der Waals surface area contributed by atoms with Crippen molar-refractivity contribution < 1.29 is 9.84 Å². The Kier molecular flexibility index (Phi) is 5.98. The van der Waals surface area contributed by atoms with Crippen molar-refractivity contribution in [1.82, 2.24) is 20.0 Å². The number of aliphatic hydroxyl groups is 1. The Balaban J connectivity index is 1.56. The molecule has 1 aliphatic heterocycles. The highest BCUT2D eigenvalue weighted by Gasteiger charge is 2.17. The summed E-state index contributed by atoms with van der Waals surface area (Å²) in [6.07, 6.45) is 3.34. The van der Waals surface area contributed by atoms with Crippen LogP contribution >= 0.6 is 0 Å². The van der Waals surface area contributed by atoms with Gasteiger partial charge in [0.1, 0.15) is 0 Å². The van der Waals surface area contributed by atoms with Crippen LogP contribution in [0.4, 0.5) is 0 Å². The molecule has 2 unspecified atom stereocenters. The summed E-state index contributed by atoms with van der Waals surface area (Å²) in [4.78, 5) is 2.25. The van der Waals surface area contributed by atoms with Gasteiger partial charge < -0.3 is 15.2 Å². The molecule has 0 amide bonds. The summed E-state index contributed by atoms with van der Waals surface area (Å²) < 4.78 is 7.21. The van der Waals surface area contributed by atoms with Crippen LogP contribution in [0, 0.1) is 0 Å². The zero-order valence-electron chi connectivity index (χ0n) is 14.1. The number of hydrogen-bond acceptors (Lipinski definition) is 5. The number of β-amino-alcohol motifs (C(OH)–C–C–N with tert-alkyl or cyclic N) is 1. The largest absolute Gasteiger partial charge is 0.390 e. The molecular weight excluding hydrogens is 304 g/mol. The van der Waals surface area contributed by atoms with Crippen molar-refractivity contribution in [2.75, 3.05) is 39.4 Å². The second kappa shape index (κ2) is 8.39. The molecule has 1 aromatic heterocycles. The van der Waals surface area contributed by atoms with Gasteiger partial charge in [-0.15, -0.1) is 0 Å². The van der Waals surface area contributed by atoms with Gasteiger partial charge in [-0.2, -0.15) is 5.10 Å². The summed E-state index contributed by atoms with van der Waals surface area (Å²) in [6.45, 7) is 6.67. The average Bonchev–Trinajstić information content (AvgIpc) is 3.15. The number of aliphatic hydroxyl groups excluding tert-OH is 1. The normalized spacial score (nSPS) is 18.4. The molecular formula is C18H26N4O2. The van der Waals surface area contributed by atoms with Crippen molar-refractivity contribution >= 4 is 0 Å². The molecule has 2 aromatic rings. The summed E-state index contributed by atoms with van der Waals surface area (Å²) in [6, 6.07) is 10.3. The third-order valence-electron chi connectivity index (χ3n) is 4.39. The van der Waals surface area contributed by atoms with Crippen LogP contribution < -0.4 is 5.32 Å². The quantitative estimate of drug-likeness (QED) is 0.799. The molecule has 3 rings (SSSR count). The highest BCUT2D eigenvalue weighted by molar-refractivity contribution is 5.42. The lowest BCUT2D eigenvalue weighted by atomic mass is 10.1. The molecule has 24 heavy (non-hydrogen) atoms. The standard InChI is InChI=1S/C18H26N4O2/c1-15(19-13-16(23)14-21-9-11-24-12-10-21)17-5-2-3-6-18(17)22-8-4-7-20-22/h2-8,15-16,19,23H,9-14H2,1H3. The fourth-order valence-corrected chi connectivity index (χ4v) is 3.04. The Bertz CT molecular complexity index is 611. The molecule has 1 aliphatic rings. The van der Waals surface area contributed by atoms with E-state index in [1.165, 1.54) is 5.56 Å². The molecule has 2 N–H and O–H groups in total. The maximum Gasteiger partial charge on any atom is 0.0791 e. The minimum atomic E-state index is -0.387. The van der Waals surface area contributed by atoms with Gasteiger partial charge in [-0.3, -0.25) is 4.90 Å². The van der Waals surface area contributed by atoms with E-state index in [0.717, 1.165) is 32.0 Å². The van der Waals surface area contributed by atoms with Gasteiger partial charge >= 0.3 is 0 Å². The number of rotatable bonds is 7. The molecule has 2 heterocycles. The van der Waals surface area contributed by atoms with Crippen LogP contribution in [0.1, 0.15) is 18.5 Å². The van der Waals surface area contributed by atoms with Gasteiger partial charge in [0.05, 0.1) is 25.0 Å². The van der Waals surface area contributed by atoms with Crippen LogP contribution in [-0.2, 0) is 4.74 Å². The van der Waals surface area contributed by atoms with E-state index >= 15 is 0 Å². The van der Waals surface area contributed by atoms with Crippen molar-refractivity contribution in [3.05, 3.63) is 48.3 Å². The minimum absolute atomic E-state index is 0.129. The molecule has 1 fully saturated rings. The van der Waals surface area contributed by atoms with Gasteiger partial charge in [-0.1, -0.05) is 18.2 Å². The highest BCUT2D eigenvalue weighted by Crippen LogP contribution is 2.20. The Morgan fingerprint density at radius 3 is 2.79 bits per heavy atom. The van der Waals surface area contributed by atoms with Crippen LogP contribution in [0.3, 0.4) is 0 Å². The number of benzene rings is 1. The number of ether oxygens (including phenoxy) is 1. The second-order valence-corrected chi connectivity index (χ2v) is 6.21. The van der Waals surface area contributed by atoms with Crippen molar-refractivity contribution in [3.8, 4) is 5.69 Å². The minimum Gasteiger partial charge on any atom is -0.390 e. The topological polar surface area (TPSA) is 62.6 Å². The average molecular weight is 330 g/mol. The Hall–Kier alpha value is -1.73. The summed E-state index contributed by atoms with van der Waals surface area (Å²) in [5, 5.41) is 18.1. The lowest BCUT2D eigenvalue weighted by molar-refractivity contribution is 0.0145. The molecule has 0 saturated carbocycles. The predicted octanol–water partition coefficient (Wildman–Crippen LogP) is 1.22. The zero-order valence-corrected chi connectivity index (χ0v) is 14.1. The maximum atomic E-state index is 10.3. The van der Waals surface area contributed by atoms with Crippen LogP contribution in [0.25, 0.3) is 5.69 Å². The van der Waals surface area contributed by atoms with Crippen LogP contribution in [0.15, 0.2) is 42.7 Å². The fraction of sp³-hybridized carbons (Fsp3) is 0.500. The van der Waals surface area contributed by atoms with Crippen molar-refractivity contribution in [2.24, 2.45) is 0 Å². The first-order valence-electron chi connectivity index (χ1n) is 8.54. The summed E-state index contributed by atoms with van der Waals surface area (Å²) >= 11 is 0. The molecule has 130 valence electrons. The van der Waals surface area contributed by atoms with Crippen LogP contribution in [0.2, 0.25) is 0 Å². The Morgan fingerprint density at radius 2 is 2.04 bits per heavy atom. The van der Waals surface area contributed by atoms with Gasteiger partial charge in [0.2, 0.25) is 0 Å². The third kappa shape index (κ3) is 4.42. The predicted molar refractivity (Wildman–Crippen MR) is 93.2 cm³/mol. The molecule has 0 aliphatic carbocycles. The van der Waals surface area contributed by atoms with E-state index in [-0.39, 0.29) is 12.1 Å². The van der Waals surface area contributed by atoms with E-state index in [4.69, 9.17) is 4.74 Å². The smallest absolute Gasteiger partial charge is 0.0791 e. The molecule has 2 atom stereocenters. The summed E-state index contributed by atoms with van der Waals surface area (Å²) in [5.41, 5.74) is 2.23. The number of para-hydroxylation sites is 1. The van der Waals surface area contributed by atoms with E-state index in [1.54, 1.807) is 6.20 Å². The molecule has 6 heteroatoms. The van der Waals surface area contributed by atoms with Gasteiger partial charge in [0, 0.05) is 44.6 Å². The summed E-state index contributed by atoms with van der Waals surface area (Å²) in [5.74, 6) is 0. The van der Waals surface area contributed by atoms with Crippen LogP contribution in [-0.4, -0.2) is 65.3 Å². The van der Waals surface area contributed by atoms with Crippen LogP contribution in [0.5, 0.6) is 0 Å². The van der Waals surface area contributed by atoms with E-state index in [9.17, 15) is 5.11 Å². The summed E-state index contributed by atoms with van der Waals surface area (Å²) in [7, 11) is 0.